The molecule has 0 aromatic heterocycles. The number of aryl methyl sites for hydroxylation is 1. The maximum atomic E-state index is 12.0. The molecule has 1 atom stereocenters. The van der Waals surface area contributed by atoms with Crippen LogP contribution >= 0.6 is 27.7 Å². The lowest BCUT2D eigenvalue weighted by Crippen LogP contribution is -2.52. The smallest absolute Gasteiger partial charge is 0.240 e. The highest BCUT2D eigenvalue weighted by Crippen LogP contribution is 2.25. The minimum absolute atomic E-state index is 0.193. The van der Waals surface area contributed by atoms with Crippen LogP contribution in [0.1, 0.15) is 26.3 Å². The molecule has 0 heterocycles. The van der Waals surface area contributed by atoms with Gasteiger partial charge in [-0.2, -0.15) is 0 Å². The number of halogens is 1. The molecule has 0 radical (unpaired) electrons. The van der Waals surface area contributed by atoms with Crippen LogP contribution in [-0.4, -0.2) is 23.6 Å². The SMILES string of the molecule is Cc1cc(Br)ccc1SCC(=O)N[C@H](C(N)=O)C(C)(C)C. The molecule has 0 unspecified atom stereocenters. The Morgan fingerprint density at radius 2 is 2.00 bits per heavy atom. The van der Waals surface area contributed by atoms with Crippen LogP contribution in [0.15, 0.2) is 27.6 Å². The van der Waals surface area contributed by atoms with Gasteiger partial charge in [0.2, 0.25) is 11.8 Å². The molecule has 1 aromatic rings. The lowest BCUT2D eigenvalue weighted by atomic mass is 9.86. The molecule has 0 spiro atoms. The molecule has 116 valence electrons. The molecule has 2 amide bonds. The first kappa shape index (κ1) is 18.0. The van der Waals surface area contributed by atoms with E-state index in [-0.39, 0.29) is 11.7 Å². The van der Waals surface area contributed by atoms with E-state index in [0.29, 0.717) is 0 Å². The van der Waals surface area contributed by atoms with E-state index in [1.807, 2.05) is 45.9 Å². The standard InChI is InChI=1S/C15H21BrN2O2S/c1-9-7-10(16)5-6-11(9)21-8-12(19)18-13(14(17)20)15(2,3)4/h5-7,13H,8H2,1-4H3,(H2,17,20)(H,18,19)/t13-/m1/s1. The van der Waals surface area contributed by atoms with Gasteiger partial charge in [0.15, 0.2) is 0 Å². The zero-order valence-electron chi connectivity index (χ0n) is 12.7. The molecule has 0 aliphatic heterocycles. The Balaban J connectivity index is 2.63. The molecule has 1 aromatic carbocycles. The third-order valence-corrected chi connectivity index (χ3v) is 4.62. The molecule has 0 fully saturated rings. The van der Waals surface area contributed by atoms with Crippen molar-refractivity contribution in [3.8, 4) is 0 Å². The number of hydrogen-bond acceptors (Lipinski definition) is 3. The fourth-order valence-electron chi connectivity index (χ4n) is 1.84. The van der Waals surface area contributed by atoms with Crippen LogP contribution in [0.25, 0.3) is 0 Å². The van der Waals surface area contributed by atoms with Gasteiger partial charge >= 0.3 is 0 Å². The van der Waals surface area contributed by atoms with Crippen molar-refractivity contribution in [1.29, 1.82) is 0 Å². The zero-order valence-corrected chi connectivity index (χ0v) is 15.1. The molecule has 21 heavy (non-hydrogen) atoms. The Bertz CT molecular complexity index is 541. The highest BCUT2D eigenvalue weighted by molar-refractivity contribution is 9.10. The molecule has 0 aliphatic carbocycles. The summed E-state index contributed by atoms with van der Waals surface area (Å²) in [6.07, 6.45) is 0. The van der Waals surface area contributed by atoms with Crippen LogP contribution in [0.5, 0.6) is 0 Å². The number of carbonyl (C=O) groups excluding carboxylic acids is 2. The molecule has 0 bridgehead atoms. The summed E-state index contributed by atoms with van der Waals surface area (Å²) in [6, 6.07) is 5.24. The number of rotatable bonds is 5. The Morgan fingerprint density at radius 3 is 2.48 bits per heavy atom. The van der Waals surface area contributed by atoms with Crippen LogP contribution in [0, 0.1) is 12.3 Å². The van der Waals surface area contributed by atoms with Crippen molar-refractivity contribution in [1.82, 2.24) is 5.32 Å². The summed E-state index contributed by atoms with van der Waals surface area (Å²) in [4.78, 5) is 24.5. The average Bonchev–Trinajstić information content (AvgIpc) is 2.33. The van der Waals surface area contributed by atoms with Gasteiger partial charge in [0.1, 0.15) is 6.04 Å². The number of amides is 2. The first-order valence-electron chi connectivity index (χ1n) is 6.59. The molecule has 4 nitrogen and oxygen atoms in total. The monoisotopic (exact) mass is 372 g/mol. The topological polar surface area (TPSA) is 72.2 Å². The van der Waals surface area contributed by atoms with E-state index in [9.17, 15) is 9.59 Å². The van der Waals surface area contributed by atoms with E-state index in [0.717, 1.165) is 14.9 Å². The molecule has 3 N–H and O–H groups in total. The minimum Gasteiger partial charge on any atom is -0.368 e. The Kier molecular flexibility index (Phi) is 6.28. The van der Waals surface area contributed by atoms with Crippen molar-refractivity contribution in [2.45, 2.75) is 38.6 Å². The number of nitrogens with two attached hydrogens (primary N) is 1. The summed E-state index contributed by atoms with van der Waals surface area (Å²) in [5.74, 6) is -0.454. The summed E-state index contributed by atoms with van der Waals surface area (Å²) < 4.78 is 1.01. The summed E-state index contributed by atoms with van der Waals surface area (Å²) in [5.41, 5.74) is 6.05. The molecule has 0 saturated heterocycles. The van der Waals surface area contributed by atoms with Crippen LogP contribution in [0.4, 0.5) is 0 Å². The largest absolute Gasteiger partial charge is 0.368 e. The van der Waals surface area contributed by atoms with Gasteiger partial charge in [-0.25, -0.2) is 0 Å². The van der Waals surface area contributed by atoms with E-state index in [1.165, 1.54) is 11.8 Å². The predicted octanol–water partition coefficient (Wildman–Crippen LogP) is 2.87. The zero-order chi connectivity index (χ0) is 16.2. The summed E-state index contributed by atoms with van der Waals surface area (Å²) >= 11 is 4.85. The quantitative estimate of drug-likeness (QED) is 0.780. The molecule has 6 heteroatoms. The van der Waals surface area contributed by atoms with Gasteiger partial charge in [0.05, 0.1) is 5.75 Å². The number of benzene rings is 1. The van der Waals surface area contributed by atoms with Crippen molar-refractivity contribution >= 4 is 39.5 Å². The van der Waals surface area contributed by atoms with Gasteiger partial charge in [-0.05, 0) is 36.1 Å². The molecular formula is C15H21BrN2O2S. The van der Waals surface area contributed by atoms with Gasteiger partial charge in [-0.1, -0.05) is 36.7 Å². The maximum Gasteiger partial charge on any atom is 0.240 e. The molecule has 0 aliphatic rings. The highest BCUT2D eigenvalue weighted by atomic mass is 79.9. The van der Waals surface area contributed by atoms with Gasteiger partial charge in [0.25, 0.3) is 0 Å². The Morgan fingerprint density at radius 1 is 1.38 bits per heavy atom. The number of carbonyl (C=O) groups is 2. The van der Waals surface area contributed by atoms with Gasteiger partial charge < -0.3 is 11.1 Å². The number of hydrogen-bond donors (Lipinski definition) is 2. The lowest BCUT2D eigenvalue weighted by Gasteiger charge is -2.28. The fraction of sp³-hybridized carbons (Fsp3) is 0.467. The van der Waals surface area contributed by atoms with E-state index in [2.05, 4.69) is 21.2 Å². The van der Waals surface area contributed by atoms with Crippen LogP contribution in [0.3, 0.4) is 0 Å². The van der Waals surface area contributed by atoms with E-state index in [4.69, 9.17) is 5.73 Å². The maximum absolute atomic E-state index is 12.0. The fourth-order valence-corrected chi connectivity index (χ4v) is 3.13. The second-order valence-corrected chi connectivity index (χ2v) is 7.90. The van der Waals surface area contributed by atoms with Crippen molar-refractivity contribution in [3.05, 3.63) is 28.2 Å². The van der Waals surface area contributed by atoms with Gasteiger partial charge in [-0.15, -0.1) is 11.8 Å². The van der Waals surface area contributed by atoms with E-state index >= 15 is 0 Å². The Hall–Kier alpha value is -1.01. The van der Waals surface area contributed by atoms with Crippen LogP contribution < -0.4 is 11.1 Å². The van der Waals surface area contributed by atoms with Gasteiger partial charge in [0, 0.05) is 9.37 Å². The second-order valence-electron chi connectivity index (χ2n) is 5.97. The Labute approximate surface area is 138 Å². The van der Waals surface area contributed by atoms with E-state index < -0.39 is 17.4 Å². The second kappa shape index (κ2) is 7.31. The van der Waals surface area contributed by atoms with E-state index in [1.54, 1.807) is 0 Å². The van der Waals surface area contributed by atoms with Crippen molar-refractivity contribution in [2.75, 3.05) is 5.75 Å². The lowest BCUT2D eigenvalue weighted by molar-refractivity contribution is -0.128. The number of thioether (sulfide) groups is 1. The van der Waals surface area contributed by atoms with Crippen LogP contribution in [-0.2, 0) is 9.59 Å². The predicted molar refractivity (Wildman–Crippen MR) is 90.2 cm³/mol. The number of nitrogens with one attached hydrogen (secondary N) is 1. The molecular weight excluding hydrogens is 352 g/mol. The highest BCUT2D eigenvalue weighted by Gasteiger charge is 2.30. The minimum atomic E-state index is -0.670. The average molecular weight is 373 g/mol. The van der Waals surface area contributed by atoms with Crippen LogP contribution in [0.2, 0.25) is 0 Å². The van der Waals surface area contributed by atoms with Crippen molar-refractivity contribution < 1.29 is 9.59 Å². The molecule has 0 saturated carbocycles. The third kappa shape index (κ3) is 5.71. The third-order valence-electron chi connectivity index (χ3n) is 2.95. The van der Waals surface area contributed by atoms with Crippen molar-refractivity contribution in [2.24, 2.45) is 11.1 Å². The summed E-state index contributed by atoms with van der Waals surface area (Å²) in [6.45, 7) is 7.60. The first-order chi connectivity index (χ1) is 9.61. The summed E-state index contributed by atoms with van der Waals surface area (Å²) in [7, 11) is 0. The first-order valence-corrected chi connectivity index (χ1v) is 8.36. The molecule has 1 rings (SSSR count). The van der Waals surface area contributed by atoms with Crippen molar-refractivity contribution in [3.63, 3.8) is 0 Å². The summed E-state index contributed by atoms with van der Waals surface area (Å²) in [5, 5.41) is 2.71. The van der Waals surface area contributed by atoms with Gasteiger partial charge in [-0.3, -0.25) is 9.59 Å². The normalized spacial score (nSPS) is 12.8. The number of primary amides is 1.